The number of ether oxygens (including phenoxy) is 1. The molecular weight excluding hydrogens is 664 g/mol. The number of nitrogens with one attached hydrogen (secondary N) is 4. The Labute approximate surface area is 285 Å². The van der Waals surface area contributed by atoms with Crippen LogP contribution in [0.15, 0.2) is 36.4 Å². The van der Waals surface area contributed by atoms with Crippen LogP contribution in [0.1, 0.15) is 59.4 Å². The number of aliphatic hydroxyl groups is 1. The van der Waals surface area contributed by atoms with Gasteiger partial charge in [-0.05, 0) is 69.7 Å². The van der Waals surface area contributed by atoms with E-state index in [2.05, 4.69) is 21.3 Å². The summed E-state index contributed by atoms with van der Waals surface area (Å²) in [5, 5.41) is 17.8. The van der Waals surface area contributed by atoms with Crippen molar-refractivity contribution in [2.24, 2.45) is 17.1 Å². The van der Waals surface area contributed by atoms with Crippen molar-refractivity contribution in [2.75, 3.05) is 18.4 Å². The van der Waals surface area contributed by atoms with Crippen LogP contribution in [0.5, 0.6) is 0 Å². The van der Waals surface area contributed by atoms with Crippen molar-refractivity contribution < 1.29 is 51.6 Å². The van der Waals surface area contributed by atoms with E-state index in [0.29, 0.717) is 11.3 Å². The van der Waals surface area contributed by atoms with Gasteiger partial charge in [-0.1, -0.05) is 26.0 Å². The molecule has 1 aliphatic heterocycles. The van der Waals surface area contributed by atoms with E-state index >= 15 is 0 Å². The molecule has 1 unspecified atom stereocenters. The predicted octanol–water partition coefficient (Wildman–Crippen LogP) is 0.152. The van der Waals surface area contributed by atoms with Gasteiger partial charge in [-0.2, -0.15) is 8.42 Å². The quantitative estimate of drug-likeness (QED) is 0.0650. The Morgan fingerprint density at radius 3 is 2.14 bits per heavy atom. The Morgan fingerprint density at radius 1 is 1.00 bits per heavy atom. The highest BCUT2D eigenvalue weighted by Gasteiger charge is 2.37. The third kappa shape index (κ3) is 13.1. The number of anilines is 1. The summed E-state index contributed by atoms with van der Waals surface area (Å²) in [6.45, 7) is 8.01. The molecule has 0 radical (unpaired) electrons. The highest BCUT2D eigenvalue weighted by atomic mass is 32.2. The van der Waals surface area contributed by atoms with Gasteiger partial charge in [0.2, 0.25) is 23.6 Å². The van der Waals surface area contributed by atoms with Gasteiger partial charge >= 0.3 is 12.0 Å². The summed E-state index contributed by atoms with van der Waals surface area (Å²) in [6.07, 6.45) is 0.555. The molecule has 0 fully saturated rings. The lowest BCUT2D eigenvalue weighted by Crippen LogP contribution is -2.56. The standard InChI is InChI=1S/C31H46N6O11S/c1-18(2)25(36-27(41)22(49(45,46)47)14-16-37-23(38)12-13-24(37)39)28(42)35-21(7-6-15-33-30(32)44)26(40)34-20-10-8-19(9-11-20)17-48-29(43)31(3,4)5/h8-13,18,21-23,25,38H,6-7,14-17H2,1-5H3,(H,34,40)(H,35,42)(H,36,41)(H3,32,33,44)(H,45,46,47)/t21-,22-,23?,25-/m0/s1. The molecule has 0 bridgehead atoms. The second-order valence-electron chi connectivity index (χ2n) is 12.8. The lowest BCUT2D eigenvalue weighted by atomic mass is 9.97. The summed E-state index contributed by atoms with van der Waals surface area (Å²) in [5.74, 6) is -4.34. The fraction of sp³-hybridized carbons (Fsp3) is 0.548. The van der Waals surface area contributed by atoms with Crippen molar-refractivity contribution in [3.8, 4) is 0 Å². The van der Waals surface area contributed by atoms with Crippen molar-refractivity contribution in [3.63, 3.8) is 0 Å². The molecule has 0 aliphatic carbocycles. The summed E-state index contributed by atoms with van der Waals surface area (Å²) >= 11 is 0. The van der Waals surface area contributed by atoms with Crippen LogP contribution in [0.25, 0.3) is 0 Å². The number of urea groups is 1. The number of hydrogen-bond donors (Lipinski definition) is 7. The molecular formula is C31H46N6O11S. The van der Waals surface area contributed by atoms with Crippen LogP contribution in [-0.4, -0.2) is 95.3 Å². The van der Waals surface area contributed by atoms with Gasteiger partial charge in [0.05, 0.1) is 5.41 Å². The molecule has 0 saturated carbocycles. The lowest BCUT2D eigenvalue weighted by molar-refractivity contribution is -0.154. The monoisotopic (exact) mass is 710 g/mol. The van der Waals surface area contributed by atoms with Gasteiger partial charge in [-0.15, -0.1) is 0 Å². The summed E-state index contributed by atoms with van der Waals surface area (Å²) in [7, 11) is -5.02. The molecule has 6 amide bonds. The van der Waals surface area contributed by atoms with Gasteiger partial charge in [0, 0.05) is 24.9 Å². The van der Waals surface area contributed by atoms with Crippen molar-refractivity contribution in [3.05, 3.63) is 42.0 Å². The van der Waals surface area contributed by atoms with E-state index in [1.165, 1.54) is 6.08 Å². The van der Waals surface area contributed by atoms with Crippen LogP contribution in [-0.2, 0) is 45.4 Å². The maximum atomic E-state index is 13.5. The average Bonchev–Trinajstić information content (AvgIpc) is 3.31. The summed E-state index contributed by atoms with van der Waals surface area (Å²) < 4.78 is 39.3. The number of esters is 1. The number of aliphatic hydroxyl groups excluding tert-OH is 1. The summed E-state index contributed by atoms with van der Waals surface area (Å²) in [4.78, 5) is 75.9. The zero-order valence-electron chi connectivity index (χ0n) is 28.1. The van der Waals surface area contributed by atoms with Gasteiger partial charge in [0.1, 0.15) is 24.9 Å². The minimum Gasteiger partial charge on any atom is -0.460 e. The lowest BCUT2D eigenvalue weighted by Gasteiger charge is -2.27. The molecule has 0 spiro atoms. The van der Waals surface area contributed by atoms with Gasteiger partial charge < -0.3 is 41.7 Å². The van der Waals surface area contributed by atoms with E-state index < -0.39 is 87.6 Å². The first-order chi connectivity index (χ1) is 22.7. The van der Waals surface area contributed by atoms with Crippen molar-refractivity contribution in [1.82, 2.24) is 20.9 Å². The van der Waals surface area contributed by atoms with E-state index in [-0.39, 0.29) is 32.0 Å². The van der Waals surface area contributed by atoms with Crippen LogP contribution >= 0.6 is 0 Å². The first-order valence-corrected chi connectivity index (χ1v) is 17.0. The second kappa shape index (κ2) is 17.7. The summed E-state index contributed by atoms with van der Waals surface area (Å²) in [6, 6.07) is 3.08. The Hall–Kier alpha value is -4.55. The minimum absolute atomic E-state index is 0.0192. The minimum atomic E-state index is -5.02. The Morgan fingerprint density at radius 2 is 1.63 bits per heavy atom. The SMILES string of the molecule is CC(C)[C@H](NC(=O)[C@H](CCN1C(=O)C=CC1O)S(=O)(=O)O)C(=O)N[C@@H](CCCNC(N)=O)C(=O)Nc1ccc(COC(=O)C(C)(C)C)cc1. The molecule has 1 aliphatic rings. The van der Waals surface area contributed by atoms with E-state index in [9.17, 15) is 46.8 Å². The third-order valence-electron chi connectivity index (χ3n) is 7.35. The smallest absolute Gasteiger partial charge is 0.312 e. The van der Waals surface area contributed by atoms with Crippen LogP contribution in [0.3, 0.4) is 0 Å². The molecule has 1 aromatic rings. The molecule has 17 nitrogen and oxygen atoms in total. The Kier molecular flexibility index (Phi) is 14.7. The molecule has 0 saturated heterocycles. The van der Waals surface area contributed by atoms with Crippen molar-refractivity contribution in [2.45, 2.75) is 84.0 Å². The van der Waals surface area contributed by atoms with Crippen LogP contribution in [0, 0.1) is 11.3 Å². The number of amides is 6. The Balaban J connectivity index is 2.16. The second-order valence-corrected chi connectivity index (χ2v) is 14.4. The predicted molar refractivity (Wildman–Crippen MR) is 177 cm³/mol. The fourth-order valence-electron chi connectivity index (χ4n) is 4.52. The number of nitrogens with two attached hydrogens (primary N) is 1. The highest BCUT2D eigenvalue weighted by Crippen LogP contribution is 2.18. The molecule has 0 aromatic heterocycles. The normalized spacial score (nSPS) is 16.4. The van der Waals surface area contributed by atoms with Crippen molar-refractivity contribution >= 4 is 51.4 Å². The zero-order chi connectivity index (χ0) is 37.1. The van der Waals surface area contributed by atoms with Gasteiger partial charge in [0.15, 0.2) is 5.25 Å². The van der Waals surface area contributed by atoms with Crippen LogP contribution in [0.4, 0.5) is 10.5 Å². The molecule has 272 valence electrons. The van der Waals surface area contributed by atoms with E-state index in [1.54, 1.807) is 58.9 Å². The van der Waals surface area contributed by atoms with Gasteiger partial charge in [-0.25, -0.2) is 4.79 Å². The third-order valence-corrected chi connectivity index (χ3v) is 8.52. The average molecular weight is 711 g/mol. The largest absolute Gasteiger partial charge is 0.460 e. The van der Waals surface area contributed by atoms with Crippen LogP contribution in [0.2, 0.25) is 0 Å². The number of benzene rings is 1. The topological polar surface area (TPSA) is 264 Å². The van der Waals surface area contributed by atoms with Crippen LogP contribution < -0.4 is 27.0 Å². The van der Waals surface area contributed by atoms with E-state index in [4.69, 9.17) is 10.5 Å². The molecule has 18 heteroatoms. The highest BCUT2D eigenvalue weighted by molar-refractivity contribution is 7.87. The maximum absolute atomic E-state index is 13.5. The Bertz CT molecular complexity index is 1510. The molecule has 49 heavy (non-hydrogen) atoms. The molecule has 1 aromatic carbocycles. The fourth-order valence-corrected chi connectivity index (χ4v) is 5.26. The zero-order valence-corrected chi connectivity index (χ0v) is 28.9. The first-order valence-electron chi connectivity index (χ1n) is 15.5. The van der Waals surface area contributed by atoms with E-state index in [0.717, 1.165) is 11.0 Å². The summed E-state index contributed by atoms with van der Waals surface area (Å²) in [5.41, 5.74) is 5.45. The van der Waals surface area contributed by atoms with Crippen molar-refractivity contribution in [1.29, 1.82) is 0 Å². The molecule has 4 atom stereocenters. The van der Waals surface area contributed by atoms with Gasteiger partial charge in [-0.3, -0.25) is 28.5 Å². The molecule has 1 heterocycles. The van der Waals surface area contributed by atoms with E-state index in [1.807, 2.05) is 0 Å². The number of rotatable bonds is 17. The number of primary amides is 1. The maximum Gasteiger partial charge on any atom is 0.312 e. The number of carbonyl (C=O) groups excluding carboxylic acids is 6. The molecule has 2 rings (SSSR count). The number of nitrogens with zero attached hydrogens (tertiary/aromatic N) is 1. The first kappa shape index (κ1) is 40.6. The number of hydrogen-bond acceptors (Lipinski definition) is 10. The number of carbonyl (C=O) groups is 6. The molecule has 8 N–H and O–H groups in total. The van der Waals surface area contributed by atoms with Gasteiger partial charge in [0.25, 0.3) is 10.1 Å².